The SMILES string of the molecule is SCSC1CCC(SCS)S1. The molecule has 0 spiro atoms. The number of thioether (sulfide) groups is 3. The molecule has 11 heavy (non-hydrogen) atoms. The third-order valence-corrected chi connectivity index (χ3v) is 6.43. The Kier molecular flexibility index (Phi) is 6.14. The van der Waals surface area contributed by atoms with Gasteiger partial charge in [-0.2, -0.15) is 25.3 Å². The number of hydrogen-bond donors (Lipinski definition) is 2. The van der Waals surface area contributed by atoms with Crippen molar-refractivity contribution in [2.24, 2.45) is 0 Å². The minimum Gasteiger partial charge on any atom is -0.168 e. The molecular weight excluding hydrogens is 232 g/mol. The fourth-order valence-electron chi connectivity index (χ4n) is 0.989. The molecule has 5 heteroatoms. The largest absolute Gasteiger partial charge is 0.168 e. The highest BCUT2D eigenvalue weighted by Gasteiger charge is 2.24. The van der Waals surface area contributed by atoms with Gasteiger partial charge in [-0.25, -0.2) is 0 Å². The van der Waals surface area contributed by atoms with Crippen LogP contribution in [0.5, 0.6) is 0 Å². The Hall–Kier alpha value is 1.75. The predicted octanol–water partition coefficient (Wildman–Crippen LogP) is 3.41. The van der Waals surface area contributed by atoms with Gasteiger partial charge in [-0.05, 0) is 12.8 Å². The van der Waals surface area contributed by atoms with E-state index in [1.807, 2.05) is 23.5 Å². The molecule has 0 aromatic carbocycles. The van der Waals surface area contributed by atoms with Crippen molar-refractivity contribution in [3.63, 3.8) is 0 Å². The monoisotopic (exact) mass is 244 g/mol. The van der Waals surface area contributed by atoms with Crippen molar-refractivity contribution < 1.29 is 0 Å². The molecule has 0 radical (unpaired) electrons. The number of thiol groups is 2. The first-order chi connectivity index (χ1) is 5.36. The van der Waals surface area contributed by atoms with E-state index >= 15 is 0 Å². The smallest absolute Gasteiger partial charge is 0.0522 e. The van der Waals surface area contributed by atoms with Gasteiger partial charge in [0.05, 0.1) is 9.16 Å². The van der Waals surface area contributed by atoms with Gasteiger partial charge in [0.2, 0.25) is 0 Å². The summed E-state index contributed by atoms with van der Waals surface area (Å²) in [5.74, 6) is 0. The van der Waals surface area contributed by atoms with Crippen LogP contribution in [0.4, 0.5) is 0 Å². The molecule has 0 bridgehead atoms. The summed E-state index contributed by atoms with van der Waals surface area (Å²) in [6.45, 7) is 0. The van der Waals surface area contributed by atoms with Gasteiger partial charge < -0.3 is 0 Å². The molecule has 0 nitrogen and oxygen atoms in total. The van der Waals surface area contributed by atoms with Crippen molar-refractivity contribution in [1.82, 2.24) is 0 Å². The molecule has 0 saturated carbocycles. The Morgan fingerprint density at radius 3 is 1.91 bits per heavy atom. The summed E-state index contributed by atoms with van der Waals surface area (Å²) in [7, 11) is 0. The van der Waals surface area contributed by atoms with Crippen LogP contribution in [0.25, 0.3) is 0 Å². The molecule has 66 valence electrons. The molecule has 1 rings (SSSR count). The molecule has 1 heterocycles. The summed E-state index contributed by atoms with van der Waals surface area (Å²) in [6.07, 6.45) is 2.70. The van der Waals surface area contributed by atoms with Crippen molar-refractivity contribution in [1.29, 1.82) is 0 Å². The molecule has 2 atom stereocenters. The molecule has 1 aliphatic heterocycles. The van der Waals surface area contributed by atoms with Gasteiger partial charge >= 0.3 is 0 Å². The molecule has 1 saturated heterocycles. The van der Waals surface area contributed by atoms with Gasteiger partial charge in [0, 0.05) is 10.2 Å². The first-order valence-electron chi connectivity index (χ1n) is 3.47. The predicted molar refractivity (Wildman–Crippen MR) is 67.3 cm³/mol. The van der Waals surface area contributed by atoms with Crippen LogP contribution in [0.2, 0.25) is 0 Å². The van der Waals surface area contributed by atoms with Crippen molar-refractivity contribution in [3.05, 3.63) is 0 Å². The second-order valence-electron chi connectivity index (χ2n) is 2.16. The van der Waals surface area contributed by atoms with Crippen molar-refractivity contribution in [2.45, 2.75) is 22.0 Å². The highest BCUT2D eigenvalue weighted by molar-refractivity contribution is 8.27. The van der Waals surface area contributed by atoms with Crippen LogP contribution in [0.1, 0.15) is 12.8 Å². The molecule has 0 aliphatic carbocycles. The summed E-state index contributed by atoms with van der Waals surface area (Å²) in [6, 6.07) is 0. The fourth-order valence-corrected chi connectivity index (χ4v) is 6.55. The number of rotatable bonds is 4. The van der Waals surface area contributed by atoms with E-state index in [9.17, 15) is 0 Å². The Labute approximate surface area is 92.2 Å². The Bertz CT molecular complexity index is 95.1. The normalized spacial score (nSPS) is 31.1. The van der Waals surface area contributed by atoms with Crippen LogP contribution < -0.4 is 0 Å². The highest BCUT2D eigenvalue weighted by atomic mass is 32.2. The van der Waals surface area contributed by atoms with Gasteiger partial charge in [0.1, 0.15) is 0 Å². The topological polar surface area (TPSA) is 0 Å². The van der Waals surface area contributed by atoms with Gasteiger partial charge in [-0.3, -0.25) is 0 Å². The van der Waals surface area contributed by atoms with E-state index < -0.39 is 0 Å². The van der Waals surface area contributed by atoms with E-state index in [1.165, 1.54) is 12.8 Å². The molecule has 1 fully saturated rings. The van der Waals surface area contributed by atoms with Crippen LogP contribution in [0.15, 0.2) is 0 Å². The van der Waals surface area contributed by atoms with Crippen LogP contribution in [0, 0.1) is 0 Å². The summed E-state index contributed by atoms with van der Waals surface area (Å²) < 4.78 is 1.59. The Morgan fingerprint density at radius 2 is 1.55 bits per heavy atom. The zero-order valence-corrected chi connectivity index (χ0v) is 10.3. The van der Waals surface area contributed by atoms with Crippen LogP contribution >= 0.6 is 60.5 Å². The molecule has 1 aliphatic rings. The summed E-state index contributed by atoms with van der Waals surface area (Å²) in [5.41, 5.74) is 0. The lowest BCUT2D eigenvalue weighted by molar-refractivity contribution is 0.903. The van der Waals surface area contributed by atoms with E-state index in [2.05, 4.69) is 37.0 Å². The van der Waals surface area contributed by atoms with Crippen molar-refractivity contribution in [2.75, 3.05) is 10.2 Å². The quantitative estimate of drug-likeness (QED) is 0.575. The summed E-state index contributed by atoms with van der Waals surface area (Å²) >= 11 is 14.4. The second kappa shape index (κ2) is 6.24. The van der Waals surface area contributed by atoms with Crippen LogP contribution in [0.3, 0.4) is 0 Å². The van der Waals surface area contributed by atoms with Gasteiger partial charge in [0.25, 0.3) is 0 Å². The fraction of sp³-hybridized carbons (Fsp3) is 1.00. The molecule has 0 amide bonds. The third-order valence-electron chi connectivity index (χ3n) is 1.46. The Morgan fingerprint density at radius 1 is 1.09 bits per heavy atom. The maximum absolute atomic E-state index is 4.21. The lowest BCUT2D eigenvalue weighted by Crippen LogP contribution is -1.89. The lowest BCUT2D eigenvalue weighted by Gasteiger charge is -2.07. The Balaban J connectivity index is 2.12. The van der Waals surface area contributed by atoms with E-state index in [4.69, 9.17) is 0 Å². The molecule has 0 aromatic heterocycles. The second-order valence-corrected chi connectivity index (χ2v) is 8.04. The van der Waals surface area contributed by atoms with Crippen LogP contribution in [-0.4, -0.2) is 19.3 Å². The zero-order valence-electron chi connectivity index (χ0n) is 6.10. The first-order valence-corrected chi connectivity index (χ1v) is 7.77. The summed E-state index contributed by atoms with van der Waals surface area (Å²) in [4.78, 5) is 0. The average Bonchev–Trinajstić information content (AvgIpc) is 2.38. The van der Waals surface area contributed by atoms with E-state index in [1.54, 1.807) is 0 Å². The van der Waals surface area contributed by atoms with Crippen molar-refractivity contribution >= 4 is 60.5 Å². The summed E-state index contributed by atoms with van der Waals surface area (Å²) in [5, 5.41) is 1.91. The zero-order chi connectivity index (χ0) is 8.10. The standard InChI is InChI=1S/C6H12S5/c7-3-9-5-1-2-6(11-5)10-4-8/h5-8H,1-4H2. The van der Waals surface area contributed by atoms with Gasteiger partial charge in [-0.1, -0.05) is 0 Å². The molecular formula is C6H12S5. The van der Waals surface area contributed by atoms with Crippen molar-refractivity contribution in [3.8, 4) is 0 Å². The number of hydrogen-bond acceptors (Lipinski definition) is 5. The lowest BCUT2D eigenvalue weighted by atomic mass is 10.4. The maximum atomic E-state index is 4.21. The molecule has 2 unspecified atom stereocenters. The minimum atomic E-state index is 0.796. The first kappa shape index (κ1) is 10.8. The molecule has 0 aromatic rings. The van der Waals surface area contributed by atoms with Gasteiger partial charge in [-0.15, -0.1) is 35.3 Å². The third kappa shape index (κ3) is 3.98. The average molecular weight is 244 g/mol. The van der Waals surface area contributed by atoms with Gasteiger partial charge in [0.15, 0.2) is 0 Å². The van der Waals surface area contributed by atoms with E-state index in [-0.39, 0.29) is 0 Å². The minimum absolute atomic E-state index is 0.796. The maximum Gasteiger partial charge on any atom is 0.0522 e. The van der Waals surface area contributed by atoms with Crippen LogP contribution in [-0.2, 0) is 0 Å². The molecule has 0 N–H and O–H groups in total. The van der Waals surface area contributed by atoms with E-state index in [0.717, 1.165) is 19.3 Å². The van der Waals surface area contributed by atoms with E-state index in [0.29, 0.717) is 0 Å². The highest BCUT2D eigenvalue weighted by Crippen LogP contribution is 2.45.